The molecular weight excluding hydrogens is 352 g/mol. The van der Waals surface area contributed by atoms with Crippen LogP contribution in [0.1, 0.15) is 18.4 Å². The van der Waals surface area contributed by atoms with Crippen LogP contribution < -0.4 is 14.4 Å². The third-order valence-corrected chi connectivity index (χ3v) is 6.06. The van der Waals surface area contributed by atoms with Gasteiger partial charge in [0.25, 0.3) is 0 Å². The molecule has 3 rings (SSSR count). The van der Waals surface area contributed by atoms with Crippen LogP contribution in [0.4, 0.5) is 5.95 Å². The normalized spacial score (nSPS) is 15.8. The lowest BCUT2D eigenvalue weighted by Crippen LogP contribution is -2.39. The molecule has 1 aromatic heterocycles. The van der Waals surface area contributed by atoms with Crippen LogP contribution in [-0.2, 0) is 10.0 Å². The van der Waals surface area contributed by atoms with Gasteiger partial charge in [0.2, 0.25) is 16.0 Å². The van der Waals surface area contributed by atoms with Gasteiger partial charge in [0.05, 0.1) is 7.11 Å². The summed E-state index contributed by atoms with van der Waals surface area (Å²) in [6.07, 6.45) is 5.26. The van der Waals surface area contributed by atoms with E-state index in [0.717, 1.165) is 37.4 Å². The maximum absolute atomic E-state index is 12.7. The summed E-state index contributed by atoms with van der Waals surface area (Å²) in [5.74, 6) is 1.38. The Hall–Kier alpha value is -2.19. The van der Waals surface area contributed by atoms with Crippen LogP contribution >= 0.6 is 0 Å². The molecule has 1 aromatic carbocycles. The molecule has 1 aliphatic rings. The molecule has 0 atom stereocenters. The van der Waals surface area contributed by atoms with E-state index in [1.54, 1.807) is 30.6 Å². The quantitative estimate of drug-likeness (QED) is 0.830. The molecule has 2 aromatic rings. The molecule has 26 heavy (non-hydrogen) atoms. The summed E-state index contributed by atoms with van der Waals surface area (Å²) >= 11 is 0. The molecule has 1 fully saturated rings. The number of piperidine rings is 1. The van der Waals surface area contributed by atoms with Gasteiger partial charge in [-0.15, -0.1) is 0 Å². The maximum atomic E-state index is 12.7. The van der Waals surface area contributed by atoms with Crippen molar-refractivity contribution in [2.24, 2.45) is 5.92 Å². The lowest BCUT2D eigenvalue weighted by Gasteiger charge is -2.31. The van der Waals surface area contributed by atoms with Crippen LogP contribution in [0.5, 0.6) is 5.75 Å². The minimum Gasteiger partial charge on any atom is -0.495 e. The van der Waals surface area contributed by atoms with Crippen molar-refractivity contribution in [2.45, 2.75) is 24.7 Å². The maximum Gasteiger partial charge on any atom is 0.244 e. The van der Waals surface area contributed by atoms with E-state index in [1.165, 1.54) is 7.11 Å². The number of hydrogen-bond donors (Lipinski definition) is 1. The number of methoxy groups -OCH3 is 1. The number of benzene rings is 1. The van der Waals surface area contributed by atoms with Crippen LogP contribution in [0.2, 0.25) is 0 Å². The third-order valence-electron chi connectivity index (χ3n) is 4.62. The van der Waals surface area contributed by atoms with E-state index in [4.69, 9.17) is 4.74 Å². The largest absolute Gasteiger partial charge is 0.495 e. The van der Waals surface area contributed by atoms with E-state index in [2.05, 4.69) is 19.6 Å². The zero-order valence-corrected chi connectivity index (χ0v) is 15.9. The standard InChI is InChI=1S/C18H24N4O3S/c1-14-4-5-16(25-2)17(12-14)26(23,24)21-13-15-6-10-22(11-7-15)18-19-8-3-9-20-18/h3-5,8-9,12,15,21H,6-7,10-11,13H2,1-2H3. The zero-order chi connectivity index (χ0) is 18.6. The number of nitrogens with one attached hydrogen (secondary N) is 1. The van der Waals surface area contributed by atoms with Crippen molar-refractivity contribution in [3.05, 3.63) is 42.2 Å². The Kier molecular flexibility index (Phi) is 5.73. The van der Waals surface area contributed by atoms with Crippen LogP contribution in [0, 0.1) is 12.8 Å². The first-order valence-corrected chi connectivity index (χ1v) is 10.1. The molecule has 1 saturated heterocycles. The second-order valence-electron chi connectivity index (χ2n) is 6.49. The van der Waals surface area contributed by atoms with Gasteiger partial charge in [0, 0.05) is 32.0 Å². The first-order valence-electron chi connectivity index (χ1n) is 8.66. The number of hydrogen-bond acceptors (Lipinski definition) is 6. The summed E-state index contributed by atoms with van der Waals surface area (Å²) in [5.41, 5.74) is 0.877. The number of aryl methyl sites for hydroxylation is 1. The van der Waals surface area contributed by atoms with E-state index >= 15 is 0 Å². The van der Waals surface area contributed by atoms with E-state index < -0.39 is 10.0 Å². The van der Waals surface area contributed by atoms with E-state index in [-0.39, 0.29) is 4.90 Å². The van der Waals surface area contributed by atoms with Crippen molar-refractivity contribution in [1.82, 2.24) is 14.7 Å². The Bertz CT molecular complexity index is 835. The van der Waals surface area contributed by atoms with E-state index in [9.17, 15) is 8.42 Å². The molecule has 0 spiro atoms. The summed E-state index contributed by atoms with van der Waals surface area (Å²) in [7, 11) is -2.13. The zero-order valence-electron chi connectivity index (χ0n) is 15.1. The molecule has 0 saturated carbocycles. The molecule has 0 bridgehead atoms. The first-order chi connectivity index (χ1) is 12.5. The van der Waals surface area contributed by atoms with Gasteiger partial charge in [0.15, 0.2) is 0 Å². The number of rotatable bonds is 6. The average Bonchev–Trinajstić information content (AvgIpc) is 2.67. The monoisotopic (exact) mass is 376 g/mol. The third kappa shape index (κ3) is 4.31. The average molecular weight is 376 g/mol. The predicted octanol–water partition coefficient (Wildman–Crippen LogP) is 1.99. The van der Waals surface area contributed by atoms with Gasteiger partial charge in [-0.05, 0) is 49.4 Å². The number of aromatic nitrogens is 2. The number of nitrogens with zero attached hydrogens (tertiary/aromatic N) is 3. The molecule has 0 radical (unpaired) electrons. The van der Waals surface area contributed by atoms with Crippen LogP contribution in [0.25, 0.3) is 0 Å². The highest BCUT2D eigenvalue weighted by molar-refractivity contribution is 7.89. The second kappa shape index (κ2) is 8.01. The Labute approximate surface area is 154 Å². The molecule has 0 aliphatic carbocycles. The first kappa shape index (κ1) is 18.6. The Morgan fingerprint density at radius 3 is 2.58 bits per heavy atom. The molecule has 2 heterocycles. The summed E-state index contributed by atoms with van der Waals surface area (Å²) < 4.78 is 33.3. The van der Waals surface area contributed by atoms with Gasteiger partial charge in [0.1, 0.15) is 10.6 Å². The fourth-order valence-electron chi connectivity index (χ4n) is 3.09. The van der Waals surface area contributed by atoms with Crippen molar-refractivity contribution in [3.63, 3.8) is 0 Å². The van der Waals surface area contributed by atoms with Crippen molar-refractivity contribution in [2.75, 3.05) is 31.6 Å². The van der Waals surface area contributed by atoms with Gasteiger partial charge in [-0.3, -0.25) is 0 Å². The molecule has 0 amide bonds. The minimum absolute atomic E-state index is 0.190. The Morgan fingerprint density at radius 2 is 1.92 bits per heavy atom. The number of anilines is 1. The number of sulfonamides is 1. The Morgan fingerprint density at radius 1 is 1.23 bits per heavy atom. The van der Waals surface area contributed by atoms with Crippen LogP contribution in [0.15, 0.2) is 41.6 Å². The molecule has 8 heteroatoms. The van der Waals surface area contributed by atoms with Gasteiger partial charge in [-0.2, -0.15) is 0 Å². The lowest BCUT2D eigenvalue weighted by molar-refractivity contribution is 0.394. The minimum atomic E-state index is -3.60. The SMILES string of the molecule is COc1ccc(C)cc1S(=O)(=O)NCC1CCN(c2ncccn2)CC1. The smallest absolute Gasteiger partial charge is 0.244 e. The van der Waals surface area contributed by atoms with Crippen molar-refractivity contribution < 1.29 is 13.2 Å². The summed E-state index contributed by atoms with van der Waals surface area (Å²) in [4.78, 5) is 10.9. The van der Waals surface area contributed by atoms with Gasteiger partial charge in [-0.1, -0.05) is 6.07 Å². The number of ether oxygens (including phenoxy) is 1. The molecule has 1 N–H and O–H groups in total. The molecule has 0 unspecified atom stereocenters. The highest BCUT2D eigenvalue weighted by Gasteiger charge is 2.24. The van der Waals surface area contributed by atoms with Crippen molar-refractivity contribution in [3.8, 4) is 5.75 Å². The molecule has 140 valence electrons. The van der Waals surface area contributed by atoms with Crippen LogP contribution in [-0.4, -0.2) is 45.1 Å². The highest BCUT2D eigenvalue weighted by atomic mass is 32.2. The molecular formula is C18H24N4O3S. The van der Waals surface area contributed by atoms with Crippen molar-refractivity contribution >= 4 is 16.0 Å². The summed E-state index contributed by atoms with van der Waals surface area (Å²) in [6.45, 7) is 3.93. The topological polar surface area (TPSA) is 84.4 Å². The van der Waals surface area contributed by atoms with Gasteiger partial charge in [-0.25, -0.2) is 23.1 Å². The van der Waals surface area contributed by atoms with E-state index in [0.29, 0.717) is 18.2 Å². The Balaban J connectivity index is 1.59. The van der Waals surface area contributed by atoms with Gasteiger partial charge >= 0.3 is 0 Å². The predicted molar refractivity (Wildman–Crippen MR) is 99.9 cm³/mol. The second-order valence-corrected chi connectivity index (χ2v) is 8.22. The summed E-state index contributed by atoms with van der Waals surface area (Å²) in [5, 5.41) is 0. The molecule has 1 aliphatic heterocycles. The fraction of sp³-hybridized carbons (Fsp3) is 0.444. The summed E-state index contributed by atoms with van der Waals surface area (Å²) in [6, 6.07) is 6.95. The van der Waals surface area contributed by atoms with Crippen molar-refractivity contribution in [1.29, 1.82) is 0 Å². The fourth-order valence-corrected chi connectivity index (χ4v) is 4.46. The molecule has 7 nitrogen and oxygen atoms in total. The van der Waals surface area contributed by atoms with E-state index in [1.807, 2.05) is 13.0 Å². The lowest BCUT2D eigenvalue weighted by atomic mass is 9.97. The van der Waals surface area contributed by atoms with Crippen LogP contribution in [0.3, 0.4) is 0 Å². The van der Waals surface area contributed by atoms with Gasteiger partial charge < -0.3 is 9.64 Å². The highest BCUT2D eigenvalue weighted by Crippen LogP contribution is 2.25.